The van der Waals surface area contributed by atoms with Gasteiger partial charge >= 0.3 is 0 Å². The minimum absolute atomic E-state index is 0.243. The van der Waals surface area contributed by atoms with Crippen molar-refractivity contribution in [1.29, 1.82) is 0 Å². The number of carbonyl (C=O) groups excluding carboxylic acids is 2. The van der Waals surface area contributed by atoms with E-state index < -0.39 is 11.8 Å². The summed E-state index contributed by atoms with van der Waals surface area (Å²) < 4.78 is 0. The van der Waals surface area contributed by atoms with Crippen LogP contribution in [-0.2, 0) is 9.59 Å². The van der Waals surface area contributed by atoms with Gasteiger partial charge in [-0.25, -0.2) is 9.98 Å². The van der Waals surface area contributed by atoms with E-state index in [1.165, 1.54) is 18.2 Å². The van der Waals surface area contributed by atoms with Crippen LogP contribution in [0.2, 0.25) is 0 Å². The number of amides is 2. The predicted octanol–water partition coefficient (Wildman–Crippen LogP) is 5.04. The van der Waals surface area contributed by atoms with Gasteiger partial charge in [-0.15, -0.1) is 0 Å². The van der Waals surface area contributed by atoms with E-state index in [0.29, 0.717) is 11.4 Å². The van der Waals surface area contributed by atoms with Crippen LogP contribution in [0.4, 0.5) is 0 Å². The molecular formula is C24H17ClN2O2. The minimum atomic E-state index is -0.428. The molecule has 0 heterocycles. The first-order valence-electron chi connectivity index (χ1n) is 8.87. The third-order valence-electron chi connectivity index (χ3n) is 3.84. The van der Waals surface area contributed by atoms with Gasteiger partial charge in [0.1, 0.15) is 0 Å². The fraction of sp³-hybridized carbons (Fsp3) is 0. The summed E-state index contributed by atoms with van der Waals surface area (Å²) in [5, 5.41) is 0.243. The molecule has 5 heteroatoms. The molecule has 0 fully saturated rings. The van der Waals surface area contributed by atoms with Gasteiger partial charge in [0.2, 0.25) is 0 Å². The van der Waals surface area contributed by atoms with E-state index in [1.807, 2.05) is 60.7 Å². The minimum Gasteiger partial charge on any atom is -0.267 e. The van der Waals surface area contributed by atoms with Crippen molar-refractivity contribution < 1.29 is 9.59 Å². The molecule has 3 rings (SSSR count). The average Bonchev–Trinajstić information content (AvgIpc) is 2.74. The molecule has 0 unspecified atom stereocenters. The van der Waals surface area contributed by atoms with Crippen molar-refractivity contribution in [1.82, 2.24) is 0 Å². The number of hydrogen-bond donors (Lipinski definition) is 0. The first kappa shape index (κ1) is 20.1. The molecule has 2 aromatic rings. The molecule has 1 aliphatic rings. The maximum atomic E-state index is 12.0. The van der Waals surface area contributed by atoms with Crippen molar-refractivity contribution >= 4 is 47.0 Å². The molecule has 142 valence electrons. The molecule has 1 aliphatic carbocycles. The number of halogens is 1. The van der Waals surface area contributed by atoms with Crippen LogP contribution in [-0.4, -0.2) is 23.2 Å². The van der Waals surface area contributed by atoms with E-state index >= 15 is 0 Å². The third-order valence-corrected chi connectivity index (χ3v) is 4.14. The first-order valence-corrected chi connectivity index (χ1v) is 9.25. The maximum absolute atomic E-state index is 12.0. The fourth-order valence-corrected chi connectivity index (χ4v) is 2.66. The molecule has 4 nitrogen and oxygen atoms in total. The molecule has 0 saturated heterocycles. The highest BCUT2D eigenvalue weighted by Gasteiger charge is 2.10. The van der Waals surface area contributed by atoms with Gasteiger partial charge in [-0.2, -0.15) is 0 Å². The number of nitrogens with zero attached hydrogens (tertiary/aromatic N) is 2. The van der Waals surface area contributed by atoms with Crippen LogP contribution < -0.4 is 0 Å². The SMILES string of the molecule is O=C(C=Cc1ccccc1)N=C1C=CC(=NC(=O)C=Cc2ccccc2)C(Cl)=C1. The third kappa shape index (κ3) is 6.48. The van der Waals surface area contributed by atoms with Crippen molar-refractivity contribution in [2.75, 3.05) is 0 Å². The van der Waals surface area contributed by atoms with Gasteiger partial charge in [-0.1, -0.05) is 72.3 Å². The Morgan fingerprint density at radius 2 is 1.24 bits per heavy atom. The van der Waals surface area contributed by atoms with Crippen LogP contribution in [0.1, 0.15) is 11.1 Å². The molecule has 0 radical (unpaired) electrons. The molecule has 0 aliphatic heterocycles. The molecule has 0 aromatic heterocycles. The van der Waals surface area contributed by atoms with E-state index in [0.717, 1.165) is 11.1 Å². The van der Waals surface area contributed by atoms with Gasteiger partial charge in [0, 0.05) is 12.2 Å². The molecular weight excluding hydrogens is 384 g/mol. The number of hydrogen-bond acceptors (Lipinski definition) is 2. The summed E-state index contributed by atoms with van der Waals surface area (Å²) in [6.07, 6.45) is 10.8. The zero-order valence-corrected chi connectivity index (χ0v) is 16.2. The highest BCUT2D eigenvalue weighted by atomic mass is 35.5. The Balaban J connectivity index is 1.65. The molecule has 2 amide bonds. The van der Waals surface area contributed by atoms with Gasteiger partial charge in [0.25, 0.3) is 11.8 Å². The Kier molecular flexibility index (Phi) is 6.98. The van der Waals surface area contributed by atoms with E-state index in [1.54, 1.807) is 24.3 Å². The summed E-state index contributed by atoms with van der Waals surface area (Å²) >= 11 is 6.19. The smallest absolute Gasteiger partial charge is 0.267 e. The molecule has 2 aromatic carbocycles. The number of rotatable bonds is 4. The predicted molar refractivity (Wildman–Crippen MR) is 119 cm³/mol. The second-order valence-electron chi connectivity index (χ2n) is 6.02. The number of carbonyl (C=O) groups is 2. The van der Waals surface area contributed by atoms with Gasteiger partial charge in [0.15, 0.2) is 0 Å². The number of allylic oxidation sites excluding steroid dienone is 4. The van der Waals surface area contributed by atoms with Crippen molar-refractivity contribution in [2.24, 2.45) is 9.98 Å². The molecule has 29 heavy (non-hydrogen) atoms. The normalized spacial score (nSPS) is 16.7. The maximum Gasteiger partial charge on any atom is 0.270 e. The van der Waals surface area contributed by atoms with Crippen LogP contribution in [0.15, 0.2) is 106 Å². The Bertz CT molecular complexity index is 1080. The second kappa shape index (κ2) is 10.1. The Labute approximate surface area is 174 Å². The fourth-order valence-electron chi connectivity index (χ4n) is 2.44. The van der Waals surface area contributed by atoms with Crippen molar-refractivity contribution in [3.05, 3.63) is 107 Å². The zero-order chi connectivity index (χ0) is 20.5. The highest BCUT2D eigenvalue weighted by Crippen LogP contribution is 2.13. The topological polar surface area (TPSA) is 58.9 Å². The van der Waals surface area contributed by atoms with Crippen LogP contribution in [0.5, 0.6) is 0 Å². The Morgan fingerprint density at radius 1 is 0.724 bits per heavy atom. The molecule has 0 atom stereocenters. The molecule has 0 spiro atoms. The van der Waals surface area contributed by atoms with Crippen molar-refractivity contribution in [2.45, 2.75) is 0 Å². The Morgan fingerprint density at radius 3 is 1.76 bits per heavy atom. The quantitative estimate of drug-likeness (QED) is 0.533. The lowest BCUT2D eigenvalue weighted by atomic mass is 10.1. The van der Waals surface area contributed by atoms with Crippen LogP contribution >= 0.6 is 11.6 Å². The number of aliphatic imine (C=N–C) groups is 2. The zero-order valence-electron chi connectivity index (χ0n) is 15.4. The van der Waals surface area contributed by atoms with Crippen LogP contribution in [0.3, 0.4) is 0 Å². The second-order valence-corrected chi connectivity index (χ2v) is 6.43. The summed E-state index contributed by atoms with van der Waals surface area (Å²) in [6.45, 7) is 0. The standard InChI is InChI=1S/C24H17ClN2O2/c25-21-17-20(26-23(28)15-11-18-7-3-1-4-8-18)13-14-22(21)27-24(29)16-12-19-9-5-2-6-10-19/h1-17H. The summed E-state index contributed by atoms with van der Waals surface area (Å²) in [5.74, 6) is -0.834. The first-order chi connectivity index (χ1) is 14.1. The van der Waals surface area contributed by atoms with Gasteiger partial charge in [-0.05, 0) is 41.5 Å². The average molecular weight is 401 g/mol. The van der Waals surface area contributed by atoms with Crippen LogP contribution in [0.25, 0.3) is 12.2 Å². The van der Waals surface area contributed by atoms with Gasteiger partial charge in [-0.3, -0.25) is 9.59 Å². The number of benzene rings is 2. The molecule has 0 bridgehead atoms. The van der Waals surface area contributed by atoms with Crippen molar-refractivity contribution in [3.8, 4) is 0 Å². The summed E-state index contributed by atoms with van der Waals surface area (Å²) in [5.41, 5.74) is 2.52. The molecule has 0 N–H and O–H groups in total. The highest BCUT2D eigenvalue weighted by molar-refractivity contribution is 6.49. The van der Waals surface area contributed by atoms with E-state index in [9.17, 15) is 9.59 Å². The summed E-state index contributed by atoms with van der Waals surface area (Å²) in [7, 11) is 0. The Hall–Kier alpha value is -3.63. The largest absolute Gasteiger partial charge is 0.270 e. The van der Waals surface area contributed by atoms with E-state index in [2.05, 4.69) is 9.98 Å². The van der Waals surface area contributed by atoms with E-state index in [4.69, 9.17) is 11.6 Å². The van der Waals surface area contributed by atoms with Crippen molar-refractivity contribution in [3.63, 3.8) is 0 Å². The monoisotopic (exact) mass is 400 g/mol. The molecule has 0 saturated carbocycles. The lowest BCUT2D eigenvalue weighted by molar-refractivity contribution is -0.114. The van der Waals surface area contributed by atoms with Gasteiger partial charge < -0.3 is 0 Å². The lowest BCUT2D eigenvalue weighted by Crippen LogP contribution is -2.08. The van der Waals surface area contributed by atoms with Gasteiger partial charge in [0.05, 0.1) is 16.5 Å². The summed E-state index contributed by atoms with van der Waals surface area (Å²) in [4.78, 5) is 32.0. The summed E-state index contributed by atoms with van der Waals surface area (Å²) in [6, 6.07) is 18.9. The van der Waals surface area contributed by atoms with E-state index in [-0.39, 0.29) is 5.03 Å². The lowest BCUT2D eigenvalue weighted by Gasteiger charge is -2.05. The van der Waals surface area contributed by atoms with Crippen LogP contribution in [0, 0.1) is 0 Å².